The molecule has 0 radical (unpaired) electrons. The molecule has 150 valence electrons. The average Bonchev–Trinajstić information content (AvgIpc) is 2.79. The lowest BCUT2D eigenvalue weighted by Gasteiger charge is -2.14. The zero-order valence-electron chi connectivity index (χ0n) is 16.6. The summed E-state index contributed by atoms with van der Waals surface area (Å²) in [5, 5.41) is 12.2. The van der Waals surface area contributed by atoms with Crippen molar-refractivity contribution in [2.24, 2.45) is 4.99 Å². The van der Waals surface area contributed by atoms with Crippen LogP contribution in [-0.2, 0) is 0 Å². The van der Waals surface area contributed by atoms with Crippen molar-refractivity contribution >= 4 is 22.7 Å². The molecule has 0 fully saturated rings. The van der Waals surface area contributed by atoms with Gasteiger partial charge in [-0.3, -0.25) is 9.79 Å². The third kappa shape index (κ3) is 3.51. The van der Waals surface area contributed by atoms with Crippen LogP contribution in [0.15, 0.2) is 82.6 Å². The van der Waals surface area contributed by atoms with E-state index in [1.165, 1.54) is 4.57 Å². The van der Waals surface area contributed by atoms with Crippen molar-refractivity contribution < 1.29 is 14.6 Å². The van der Waals surface area contributed by atoms with Crippen molar-refractivity contribution in [1.29, 1.82) is 0 Å². The number of nitrogens with zero attached hydrogens (tertiary/aromatic N) is 2. The number of aromatic nitrogens is 1. The van der Waals surface area contributed by atoms with Crippen LogP contribution < -0.4 is 15.0 Å². The maximum absolute atomic E-state index is 13.2. The Hall–Kier alpha value is -4.06. The zero-order chi connectivity index (χ0) is 21.1. The van der Waals surface area contributed by atoms with Crippen molar-refractivity contribution in [1.82, 2.24) is 4.57 Å². The lowest BCUT2D eigenvalue weighted by Crippen LogP contribution is -2.20. The molecule has 1 heterocycles. The summed E-state index contributed by atoms with van der Waals surface area (Å²) < 4.78 is 11.8. The van der Waals surface area contributed by atoms with E-state index < -0.39 is 0 Å². The highest BCUT2D eigenvalue weighted by molar-refractivity contribution is 6.02. The molecule has 1 N–H and O–H groups in total. The molecule has 0 atom stereocenters. The van der Waals surface area contributed by atoms with E-state index in [1.807, 2.05) is 24.3 Å². The molecule has 0 spiro atoms. The van der Waals surface area contributed by atoms with Crippen molar-refractivity contribution in [3.63, 3.8) is 0 Å². The summed E-state index contributed by atoms with van der Waals surface area (Å²) in [6.45, 7) is 0. The standard InChI is InChI=1S/C24H20N2O4/c1-29-18-9-5-7-16(13-18)25-15-22-20-11-3-4-12-21(20)23(27)26(24(22)28)17-8-6-10-19(14-17)30-2/h3-15,28H,1-2H3. The fourth-order valence-electron chi connectivity index (χ4n) is 3.31. The van der Waals surface area contributed by atoms with Gasteiger partial charge in [0.25, 0.3) is 5.56 Å². The van der Waals surface area contributed by atoms with Crippen molar-refractivity contribution in [2.45, 2.75) is 0 Å². The fraction of sp³-hybridized carbons (Fsp3) is 0.0833. The topological polar surface area (TPSA) is 73.1 Å². The Morgan fingerprint density at radius 3 is 2.27 bits per heavy atom. The Bertz CT molecular complexity index is 1310. The molecule has 0 aliphatic heterocycles. The van der Waals surface area contributed by atoms with Gasteiger partial charge in [-0.05, 0) is 30.3 Å². The van der Waals surface area contributed by atoms with Crippen LogP contribution in [0.1, 0.15) is 5.56 Å². The smallest absolute Gasteiger partial charge is 0.265 e. The Labute approximate surface area is 173 Å². The molecule has 0 saturated heterocycles. The first-order valence-corrected chi connectivity index (χ1v) is 9.31. The highest BCUT2D eigenvalue weighted by Crippen LogP contribution is 2.28. The lowest BCUT2D eigenvalue weighted by atomic mass is 10.1. The number of fused-ring (bicyclic) bond motifs is 1. The summed E-state index contributed by atoms with van der Waals surface area (Å²) in [6, 6.07) is 21.4. The molecule has 0 unspecified atom stereocenters. The molecular weight excluding hydrogens is 380 g/mol. The Morgan fingerprint density at radius 2 is 1.53 bits per heavy atom. The van der Waals surface area contributed by atoms with Gasteiger partial charge in [0, 0.05) is 29.1 Å². The largest absolute Gasteiger partial charge is 0.497 e. The highest BCUT2D eigenvalue weighted by atomic mass is 16.5. The first-order valence-electron chi connectivity index (χ1n) is 9.31. The summed E-state index contributed by atoms with van der Waals surface area (Å²) in [5.41, 5.74) is 1.28. The SMILES string of the molecule is COc1cccc(N=Cc2c(O)n(-c3cccc(OC)c3)c(=O)c3ccccc23)c1. The first-order chi connectivity index (χ1) is 14.6. The van der Waals surface area contributed by atoms with Crippen LogP contribution in [-0.4, -0.2) is 30.1 Å². The van der Waals surface area contributed by atoms with E-state index in [0.29, 0.717) is 39.2 Å². The van der Waals surface area contributed by atoms with E-state index in [0.717, 1.165) is 0 Å². The molecule has 0 saturated carbocycles. The van der Waals surface area contributed by atoms with Crippen LogP contribution in [0.3, 0.4) is 0 Å². The van der Waals surface area contributed by atoms with Crippen LogP contribution in [0.2, 0.25) is 0 Å². The minimum Gasteiger partial charge on any atom is -0.497 e. The van der Waals surface area contributed by atoms with Gasteiger partial charge < -0.3 is 14.6 Å². The number of aliphatic imine (C=N–C) groups is 1. The van der Waals surface area contributed by atoms with Crippen LogP contribution in [0.4, 0.5) is 5.69 Å². The van der Waals surface area contributed by atoms with Crippen LogP contribution in [0.25, 0.3) is 16.5 Å². The molecular formula is C24H20N2O4. The molecule has 4 rings (SSSR count). The summed E-state index contributed by atoms with van der Waals surface area (Å²) in [4.78, 5) is 17.6. The lowest BCUT2D eigenvalue weighted by molar-refractivity contribution is 0.413. The Morgan fingerprint density at radius 1 is 0.867 bits per heavy atom. The first kappa shape index (κ1) is 19.3. The van der Waals surface area contributed by atoms with E-state index in [2.05, 4.69) is 4.99 Å². The van der Waals surface area contributed by atoms with Crippen molar-refractivity contribution in [3.8, 4) is 23.1 Å². The molecule has 0 aliphatic carbocycles. The number of hydrogen-bond donors (Lipinski definition) is 1. The quantitative estimate of drug-likeness (QED) is 0.502. The predicted octanol–water partition coefficient (Wildman–Crippen LogP) is 4.46. The van der Waals surface area contributed by atoms with Crippen LogP contribution in [0, 0.1) is 0 Å². The normalized spacial score (nSPS) is 11.1. The van der Waals surface area contributed by atoms with Gasteiger partial charge in [-0.2, -0.15) is 0 Å². The van der Waals surface area contributed by atoms with Gasteiger partial charge in [0.2, 0.25) is 5.88 Å². The van der Waals surface area contributed by atoms with E-state index in [9.17, 15) is 9.90 Å². The van der Waals surface area contributed by atoms with Gasteiger partial charge in [-0.1, -0.05) is 30.3 Å². The molecule has 6 heteroatoms. The number of aromatic hydroxyl groups is 1. The van der Waals surface area contributed by atoms with Crippen molar-refractivity contribution in [3.05, 3.63) is 88.7 Å². The van der Waals surface area contributed by atoms with Crippen molar-refractivity contribution in [2.75, 3.05) is 14.2 Å². The Balaban J connectivity index is 1.94. The van der Waals surface area contributed by atoms with Gasteiger partial charge in [0.15, 0.2) is 0 Å². The second kappa shape index (κ2) is 8.13. The number of hydrogen-bond acceptors (Lipinski definition) is 5. The number of rotatable bonds is 5. The molecule has 6 nitrogen and oxygen atoms in total. The third-order valence-electron chi connectivity index (χ3n) is 4.81. The monoisotopic (exact) mass is 400 g/mol. The average molecular weight is 400 g/mol. The number of pyridine rings is 1. The maximum atomic E-state index is 13.2. The van der Waals surface area contributed by atoms with E-state index in [1.54, 1.807) is 69.0 Å². The summed E-state index contributed by atoms with van der Waals surface area (Å²) >= 11 is 0. The maximum Gasteiger partial charge on any atom is 0.265 e. The van der Waals surface area contributed by atoms with Crippen LogP contribution >= 0.6 is 0 Å². The zero-order valence-corrected chi connectivity index (χ0v) is 16.6. The highest BCUT2D eigenvalue weighted by Gasteiger charge is 2.16. The minimum absolute atomic E-state index is 0.196. The predicted molar refractivity (Wildman–Crippen MR) is 118 cm³/mol. The van der Waals surface area contributed by atoms with E-state index in [4.69, 9.17) is 9.47 Å². The van der Waals surface area contributed by atoms with E-state index in [-0.39, 0.29) is 11.4 Å². The molecule has 0 aliphatic rings. The third-order valence-corrected chi connectivity index (χ3v) is 4.81. The number of methoxy groups -OCH3 is 2. The molecule has 0 amide bonds. The molecule has 30 heavy (non-hydrogen) atoms. The van der Waals surface area contributed by atoms with Gasteiger partial charge in [-0.15, -0.1) is 0 Å². The fourth-order valence-corrected chi connectivity index (χ4v) is 3.31. The molecule has 4 aromatic rings. The summed E-state index contributed by atoms with van der Waals surface area (Å²) in [5.74, 6) is 1.07. The number of benzene rings is 3. The number of ether oxygens (including phenoxy) is 2. The van der Waals surface area contributed by atoms with E-state index >= 15 is 0 Å². The minimum atomic E-state index is -0.324. The summed E-state index contributed by atoms with van der Waals surface area (Å²) in [6.07, 6.45) is 1.56. The van der Waals surface area contributed by atoms with Gasteiger partial charge >= 0.3 is 0 Å². The summed E-state index contributed by atoms with van der Waals surface area (Å²) in [7, 11) is 3.14. The van der Waals surface area contributed by atoms with Gasteiger partial charge in [0.1, 0.15) is 11.5 Å². The molecule has 1 aromatic heterocycles. The molecule has 3 aromatic carbocycles. The van der Waals surface area contributed by atoms with Gasteiger partial charge in [-0.25, -0.2) is 4.57 Å². The second-order valence-corrected chi connectivity index (χ2v) is 6.58. The second-order valence-electron chi connectivity index (χ2n) is 6.58. The van der Waals surface area contributed by atoms with Crippen LogP contribution in [0.5, 0.6) is 17.4 Å². The molecule has 0 bridgehead atoms. The van der Waals surface area contributed by atoms with Gasteiger partial charge in [0.05, 0.1) is 31.2 Å². The Kier molecular flexibility index (Phi) is 5.22.